The molecule has 0 bridgehead atoms. The number of oxime groups is 1. The van der Waals surface area contributed by atoms with Crippen molar-refractivity contribution in [3.05, 3.63) is 41.5 Å². The van der Waals surface area contributed by atoms with Gasteiger partial charge in [0.15, 0.2) is 0 Å². The monoisotopic (exact) mass is 307 g/mol. The highest BCUT2D eigenvalue weighted by Gasteiger charge is 2.25. The summed E-state index contributed by atoms with van der Waals surface area (Å²) < 4.78 is 29.0. The maximum Gasteiger partial charge on any atom is 0.358 e. The first kappa shape index (κ1) is 15.8. The molecule has 5 heteroatoms. The molecule has 0 atom stereocenters. The van der Waals surface area contributed by atoms with Crippen molar-refractivity contribution in [2.75, 3.05) is 0 Å². The molecule has 0 aromatic heterocycles. The second-order valence-corrected chi connectivity index (χ2v) is 7.96. The first-order valence-corrected chi connectivity index (χ1v) is 8.33. The molecule has 4 nitrogen and oxygen atoms in total. The van der Waals surface area contributed by atoms with Crippen molar-refractivity contribution in [2.24, 2.45) is 10.6 Å². The van der Waals surface area contributed by atoms with E-state index in [4.69, 9.17) is 4.28 Å². The standard InChI is InChI=1S/C16H21NO3S/c1-12-5-7-15(8-6-12)21(18,19)20-17-14-9-13(2)10-16(3,4)11-14/h5-9H,10-11H2,1-4H3/b17-14-. The van der Waals surface area contributed by atoms with Gasteiger partial charge in [-0.3, -0.25) is 4.28 Å². The molecule has 1 aromatic carbocycles. The largest absolute Gasteiger partial charge is 0.358 e. The van der Waals surface area contributed by atoms with Crippen LogP contribution in [0.1, 0.15) is 39.2 Å². The highest BCUT2D eigenvalue weighted by Crippen LogP contribution is 2.33. The molecule has 0 N–H and O–H groups in total. The molecule has 1 aliphatic rings. The molecule has 0 unspecified atom stereocenters. The Balaban J connectivity index is 2.20. The van der Waals surface area contributed by atoms with Gasteiger partial charge in [-0.1, -0.05) is 42.3 Å². The summed E-state index contributed by atoms with van der Waals surface area (Å²) in [5.74, 6) is 0. The molecular weight excluding hydrogens is 286 g/mol. The molecule has 0 saturated carbocycles. The van der Waals surface area contributed by atoms with Gasteiger partial charge in [-0.2, -0.15) is 8.42 Å². The van der Waals surface area contributed by atoms with Crippen LogP contribution in [0.2, 0.25) is 0 Å². The third-order valence-electron chi connectivity index (χ3n) is 3.39. The minimum atomic E-state index is -3.85. The third-order valence-corrected chi connectivity index (χ3v) is 4.51. The average molecular weight is 307 g/mol. The van der Waals surface area contributed by atoms with E-state index in [1.807, 2.05) is 19.9 Å². The van der Waals surface area contributed by atoms with Crippen molar-refractivity contribution in [3.63, 3.8) is 0 Å². The number of aryl methyl sites for hydroxylation is 1. The molecule has 114 valence electrons. The smallest absolute Gasteiger partial charge is 0.265 e. The van der Waals surface area contributed by atoms with Gasteiger partial charge in [-0.25, -0.2) is 0 Å². The van der Waals surface area contributed by atoms with E-state index < -0.39 is 10.1 Å². The van der Waals surface area contributed by atoms with Crippen LogP contribution in [0, 0.1) is 12.3 Å². The second kappa shape index (κ2) is 5.64. The molecule has 2 rings (SSSR count). The summed E-state index contributed by atoms with van der Waals surface area (Å²) in [7, 11) is -3.85. The van der Waals surface area contributed by atoms with Gasteiger partial charge in [0.1, 0.15) is 4.90 Å². The molecule has 0 amide bonds. The average Bonchev–Trinajstić information content (AvgIpc) is 2.35. The van der Waals surface area contributed by atoms with Gasteiger partial charge in [0, 0.05) is 0 Å². The van der Waals surface area contributed by atoms with Crippen LogP contribution in [-0.2, 0) is 14.4 Å². The van der Waals surface area contributed by atoms with Gasteiger partial charge < -0.3 is 0 Å². The van der Waals surface area contributed by atoms with E-state index in [0.717, 1.165) is 12.0 Å². The van der Waals surface area contributed by atoms with Crippen LogP contribution < -0.4 is 0 Å². The number of hydrogen-bond acceptors (Lipinski definition) is 4. The molecule has 0 spiro atoms. The van der Waals surface area contributed by atoms with Crippen LogP contribution in [0.5, 0.6) is 0 Å². The van der Waals surface area contributed by atoms with Crippen LogP contribution >= 0.6 is 0 Å². The van der Waals surface area contributed by atoms with E-state index in [1.54, 1.807) is 12.1 Å². The Hall–Kier alpha value is -1.62. The third kappa shape index (κ3) is 4.17. The Kier molecular flexibility index (Phi) is 4.23. The number of hydrogen-bond donors (Lipinski definition) is 0. The van der Waals surface area contributed by atoms with E-state index in [0.29, 0.717) is 12.1 Å². The number of allylic oxidation sites excluding steroid dienone is 2. The van der Waals surface area contributed by atoms with Gasteiger partial charge in [-0.05, 0) is 50.3 Å². The van der Waals surface area contributed by atoms with Gasteiger partial charge in [0.05, 0.1) is 5.71 Å². The molecule has 0 heterocycles. The summed E-state index contributed by atoms with van der Waals surface area (Å²) in [6.07, 6.45) is 3.58. The topological polar surface area (TPSA) is 55.7 Å². The lowest BCUT2D eigenvalue weighted by Crippen LogP contribution is -2.21. The Bertz CT molecular complexity index is 683. The summed E-state index contributed by atoms with van der Waals surface area (Å²) in [5.41, 5.74) is 2.92. The fourth-order valence-corrected chi connectivity index (χ4v) is 3.35. The van der Waals surface area contributed by atoms with E-state index >= 15 is 0 Å². The zero-order valence-electron chi connectivity index (χ0n) is 12.9. The van der Waals surface area contributed by atoms with Crippen molar-refractivity contribution in [1.29, 1.82) is 0 Å². The summed E-state index contributed by atoms with van der Waals surface area (Å²) in [6.45, 7) is 8.18. The minimum Gasteiger partial charge on any atom is -0.265 e. The first-order valence-electron chi connectivity index (χ1n) is 6.92. The summed E-state index contributed by atoms with van der Waals surface area (Å²) >= 11 is 0. The summed E-state index contributed by atoms with van der Waals surface area (Å²) in [4.78, 5) is 0.119. The van der Waals surface area contributed by atoms with E-state index in [1.165, 1.54) is 17.7 Å². The van der Waals surface area contributed by atoms with E-state index in [-0.39, 0.29) is 10.3 Å². The first-order chi connectivity index (χ1) is 9.68. The van der Waals surface area contributed by atoms with Gasteiger partial charge in [0.25, 0.3) is 0 Å². The highest BCUT2D eigenvalue weighted by atomic mass is 32.2. The molecule has 0 aliphatic heterocycles. The van der Waals surface area contributed by atoms with Crippen molar-refractivity contribution in [2.45, 2.75) is 45.4 Å². The molecule has 1 aliphatic carbocycles. The van der Waals surface area contributed by atoms with Crippen LogP contribution in [0.4, 0.5) is 0 Å². The lowest BCUT2D eigenvalue weighted by molar-refractivity contribution is 0.325. The lowest BCUT2D eigenvalue weighted by atomic mass is 9.77. The molecular formula is C16H21NO3S. The zero-order chi connectivity index (χ0) is 15.7. The van der Waals surface area contributed by atoms with Gasteiger partial charge >= 0.3 is 10.1 Å². The molecule has 1 aromatic rings. The summed E-state index contributed by atoms with van der Waals surface area (Å²) in [6, 6.07) is 6.52. The van der Waals surface area contributed by atoms with Crippen LogP contribution in [0.25, 0.3) is 0 Å². The maximum absolute atomic E-state index is 12.1. The summed E-state index contributed by atoms with van der Waals surface area (Å²) in [5, 5.41) is 3.85. The Morgan fingerprint density at radius 2 is 1.71 bits per heavy atom. The molecule has 0 saturated heterocycles. The minimum absolute atomic E-state index is 0.0780. The van der Waals surface area contributed by atoms with Crippen LogP contribution in [0.3, 0.4) is 0 Å². The predicted octanol–water partition coefficient (Wildman–Crippen LogP) is 3.82. The Morgan fingerprint density at radius 3 is 2.29 bits per heavy atom. The number of nitrogens with zero attached hydrogens (tertiary/aromatic N) is 1. The maximum atomic E-state index is 12.1. The zero-order valence-corrected chi connectivity index (χ0v) is 13.7. The SMILES string of the molecule is CC1=C/C(=N/OS(=O)(=O)c2ccc(C)cc2)CC(C)(C)C1. The normalized spacial score (nSPS) is 20.2. The van der Waals surface area contributed by atoms with Gasteiger partial charge in [0.2, 0.25) is 0 Å². The predicted molar refractivity (Wildman–Crippen MR) is 83.7 cm³/mol. The number of rotatable bonds is 3. The van der Waals surface area contributed by atoms with Crippen molar-refractivity contribution < 1.29 is 12.7 Å². The lowest BCUT2D eigenvalue weighted by Gasteiger charge is -2.28. The quantitative estimate of drug-likeness (QED) is 0.798. The van der Waals surface area contributed by atoms with Gasteiger partial charge in [-0.15, -0.1) is 0 Å². The fourth-order valence-electron chi connectivity index (χ4n) is 2.60. The molecule has 0 fully saturated rings. The van der Waals surface area contributed by atoms with E-state index in [2.05, 4.69) is 19.0 Å². The van der Waals surface area contributed by atoms with Crippen LogP contribution in [0.15, 0.2) is 46.0 Å². The Labute approximate surface area is 126 Å². The number of benzene rings is 1. The van der Waals surface area contributed by atoms with Crippen molar-refractivity contribution in [1.82, 2.24) is 0 Å². The van der Waals surface area contributed by atoms with Crippen LogP contribution in [-0.4, -0.2) is 14.1 Å². The van der Waals surface area contributed by atoms with Crippen molar-refractivity contribution >= 4 is 15.8 Å². The molecule has 21 heavy (non-hydrogen) atoms. The molecule has 0 radical (unpaired) electrons. The second-order valence-electron chi connectivity index (χ2n) is 6.43. The van der Waals surface area contributed by atoms with Crippen molar-refractivity contribution in [3.8, 4) is 0 Å². The highest BCUT2D eigenvalue weighted by molar-refractivity contribution is 7.86. The van der Waals surface area contributed by atoms with E-state index in [9.17, 15) is 8.42 Å². The Morgan fingerprint density at radius 1 is 1.10 bits per heavy atom. The fraction of sp³-hybridized carbons (Fsp3) is 0.438.